The molecule has 0 unspecified atom stereocenters. The predicted octanol–water partition coefficient (Wildman–Crippen LogP) is 2.57. The van der Waals surface area contributed by atoms with Gasteiger partial charge < -0.3 is 9.80 Å². The highest BCUT2D eigenvalue weighted by atomic mass is 32.2. The molecule has 2 amide bonds. The fourth-order valence-electron chi connectivity index (χ4n) is 4.09. The number of hydrogen-bond acceptors (Lipinski definition) is 5. The molecule has 1 fully saturated rings. The number of piperidine rings is 1. The SMILES string of the molecule is O=C(CN1C(=O)CSc2ccccc21)N1CCC(c2nnc3ccccn23)CC1. The summed E-state index contributed by atoms with van der Waals surface area (Å²) in [5.74, 6) is 1.62. The number of benzene rings is 1. The van der Waals surface area contributed by atoms with E-state index in [1.165, 1.54) is 11.8 Å². The van der Waals surface area contributed by atoms with Crippen molar-refractivity contribution >= 4 is 34.9 Å². The summed E-state index contributed by atoms with van der Waals surface area (Å²) in [6.07, 6.45) is 3.68. The molecule has 8 heteroatoms. The number of rotatable bonds is 3. The maximum atomic E-state index is 12.9. The van der Waals surface area contributed by atoms with Gasteiger partial charge in [0.15, 0.2) is 5.65 Å². The van der Waals surface area contributed by atoms with Crippen LogP contribution in [0.3, 0.4) is 0 Å². The van der Waals surface area contributed by atoms with Crippen LogP contribution < -0.4 is 4.90 Å². The van der Waals surface area contributed by atoms with Crippen LogP contribution in [-0.4, -0.2) is 56.7 Å². The average molecular weight is 407 g/mol. The van der Waals surface area contributed by atoms with Crippen LogP contribution in [0.1, 0.15) is 24.6 Å². The lowest BCUT2D eigenvalue weighted by atomic mass is 9.96. The molecule has 1 saturated heterocycles. The van der Waals surface area contributed by atoms with Crippen LogP contribution in [0.25, 0.3) is 5.65 Å². The highest BCUT2D eigenvalue weighted by Crippen LogP contribution is 2.35. The van der Waals surface area contributed by atoms with Crippen molar-refractivity contribution in [2.24, 2.45) is 0 Å². The number of nitrogens with zero attached hydrogens (tertiary/aromatic N) is 5. The zero-order valence-corrected chi connectivity index (χ0v) is 16.7. The fourth-order valence-corrected chi connectivity index (χ4v) is 5.02. The van der Waals surface area contributed by atoms with Crippen LogP contribution in [0.5, 0.6) is 0 Å². The molecule has 0 bridgehead atoms. The van der Waals surface area contributed by atoms with Gasteiger partial charge in [0.2, 0.25) is 11.8 Å². The first kappa shape index (κ1) is 18.2. The summed E-state index contributed by atoms with van der Waals surface area (Å²) in [6, 6.07) is 13.6. The Bertz CT molecular complexity index is 1070. The standard InChI is InChI=1S/C21H21N5O2S/c27-19(13-26-16-5-1-2-6-17(16)29-14-20(26)28)24-11-8-15(9-12-24)21-23-22-18-7-3-4-10-25(18)21/h1-7,10,15H,8-9,11-14H2. The molecule has 2 aliphatic heterocycles. The topological polar surface area (TPSA) is 70.8 Å². The molecule has 1 aromatic carbocycles. The number of anilines is 1. The summed E-state index contributed by atoms with van der Waals surface area (Å²) in [6.45, 7) is 1.45. The van der Waals surface area contributed by atoms with Gasteiger partial charge in [0.25, 0.3) is 0 Å². The summed E-state index contributed by atoms with van der Waals surface area (Å²) >= 11 is 1.53. The van der Waals surface area contributed by atoms with Gasteiger partial charge in [0, 0.05) is 30.1 Å². The summed E-state index contributed by atoms with van der Waals surface area (Å²) in [5, 5.41) is 8.61. The molecule has 0 saturated carbocycles. The average Bonchev–Trinajstić information content (AvgIpc) is 3.20. The molecular weight excluding hydrogens is 386 g/mol. The van der Waals surface area contributed by atoms with Gasteiger partial charge in [-0.1, -0.05) is 18.2 Å². The van der Waals surface area contributed by atoms with E-state index in [4.69, 9.17) is 0 Å². The van der Waals surface area contributed by atoms with Crippen molar-refractivity contribution in [1.29, 1.82) is 0 Å². The molecular formula is C21H21N5O2S. The Kier molecular flexibility index (Phi) is 4.71. The van der Waals surface area contributed by atoms with E-state index < -0.39 is 0 Å². The number of fused-ring (bicyclic) bond motifs is 2. The molecule has 0 spiro atoms. The Hall–Kier alpha value is -2.87. The molecule has 2 aromatic heterocycles. The molecule has 148 valence electrons. The van der Waals surface area contributed by atoms with E-state index in [1.807, 2.05) is 58.0 Å². The number of hydrogen-bond donors (Lipinski definition) is 0. The minimum atomic E-state index is -0.00753. The van der Waals surface area contributed by atoms with E-state index in [2.05, 4.69) is 10.2 Å². The number of para-hydroxylation sites is 1. The monoisotopic (exact) mass is 407 g/mol. The van der Waals surface area contributed by atoms with Crippen molar-refractivity contribution in [3.05, 3.63) is 54.5 Å². The van der Waals surface area contributed by atoms with Crippen molar-refractivity contribution in [1.82, 2.24) is 19.5 Å². The van der Waals surface area contributed by atoms with Crippen LogP contribution in [0.4, 0.5) is 5.69 Å². The van der Waals surface area contributed by atoms with Crippen molar-refractivity contribution in [2.75, 3.05) is 30.3 Å². The molecule has 3 aromatic rings. The predicted molar refractivity (Wildman–Crippen MR) is 111 cm³/mol. The first-order chi connectivity index (χ1) is 14.2. The Labute approximate surface area is 172 Å². The second kappa shape index (κ2) is 7.51. The molecule has 0 aliphatic carbocycles. The summed E-state index contributed by atoms with van der Waals surface area (Å²) < 4.78 is 2.03. The first-order valence-electron chi connectivity index (χ1n) is 9.80. The number of likely N-dealkylation sites (tertiary alicyclic amines) is 1. The van der Waals surface area contributed by atoms with Gasteiger partial charge in [-0.05, 0) is 37.1 Å². The first-order valence-corrected chi connectivity index (χ1v) is 10.8. The van der Waals surface area contributed by atoms with Crippen LogP contribution in [-0.2, 0) is 9.59 Å². The summed E-state index contributed by atoms with van der Waals surface area (Å²) in [5.41, 5.74) is 1.69. The van der Waals surface area contributed by atoms with Gasteiger partial charge in [-0.15, -0.1) is 22.0 Å². The summed E-state index contributed by atoms with van der Waals surface area (Å²) in [7, 11) is 0. The molecule has 29 heavy (non-hydrogen) atoms. The number of aromatic nitrogens is 3. The quantitative estimate of drug-likeness (QED) is 0.667. The van der Waals surface area contributed by atoms with Crippen LogP contribution in [0.2, 0.25) is 0 Å². The van der Waals surface area contributed by atoms with E-state index in [1.54, 1.807) is 4.90 Å². The number of carbonyl (C=O) groups excluding carboxylic acids is 2. The van der Waals surface area contributed by atoms with Gasteiger partial charge in [0.05, 0.1) is 11.4 Å². The Morgan fingerprint density at radius 1 is 1.07 bits per heavy atom. The third kappa shape index (κ3) is 3.37. The van der Waals surface area contributed by atoms with E-state index in [9.17, 15) is 9.59 Å². The van der Waals surface area contributed by atoms with E-state index in [0.29, 0.717) is 18.8 Å². The number of pyridine rings is 1. The van der Waals surface area contributed by atoms with Gasteiger partial charge in [-0.2, -0.15) is 0 Å². The largest absolute Gasteiger partial charge is 0.341 e. The number of amides is 2. The lowest BCUT2D eigenvalue weighted by Crippen LogP contribution is -2.47. The van der Waals surface area contributed by atoms with Crippen LogP contribution in [0, 0.1) is 0 Å². The van der Waals surface area contributed by atoms with Crippen LogP contribution in [0.15, 0.2) is 53.6 Å². The normalized spacial score (nSPS) is 17.6. The summed E-state index contributed by atoms with van der Waals surface area (Å²) in [4.78, 5) is 29.9. The van der Waals surface area contributed by atoms with E-state index in [-0.39, 0.29) is 24.3 Å². The van der Waals surface area contributed by atoms with Crippen molar-refractivity contribution in [3.63, 3.8) is 0 Å². The highest BCUT2D eigenvalue weighted by molar-refractivity contribution is 8.00. The lowest BCUT2D eigenvalue weighted by Gasteiger charge is -2.34. The number of thioether (sulfide) groups is 1. The second-order valence-electron chi connectivity index (χ2n) is 7.38. The minimum absolute atomic E-state index is 0.00426. The Balaban J connectivity index is 1.26. The molecule has 2 aliphatic rings. The fraction of sp³-hybridized carbons (Fsp3) is 0.333. The minimum Gasteiger partial charge on any atom is -0.341 e. The van der Waals surface area contributed by atoms with E-state index in [0.717, 1.165) is 34.9 Å². The van der Waals surface area contributed by atoms with Gasteiger partial charge >= 0.3 is 0 Å². The van der Waals surface area contributed by atoms with Crippen molar-refractivity contribution in [3.8, 4) is 0 Å². The highest BCUT2D eigenvalue weighted by Gasteiger charge is 2.31. The molecule has 7 nitrogen and oxygen atoms in total. The van der Waals surface area contributed by atoms with Gasteiger partial charge in [-0.3, -0.25) is 14.0 Å². The number of carbonyl (C=O) groups is 2. The maximum absolute atomic E-state index is 12.9. The molecule has 5 rings (SSSR count). The molecule has 0 atom stereocenters. The van der Waals surface area contributed by atoms with Crippen molar-refractivity contribution in [2.45, 2.75) is 23.7 Å². The zero-order chi connectivity index (χ0) is 19.8. The van der Waals surface area contributed by atoms with Gasteiger partial charge in [0.1, 0.15) is 12.4 Å². The molecule has 4 heterocycles. The second-order valence-corrected chi connectivity index (χ2v) is 8.40. The van der Waals surface area contributed by atoms with Crippen LogP contribution >= 0.6 is 11.8 Å². The van der Waals surface area contributed by atoms with E-state index >= 15 is 0 Å². The molecule has 0 radical (unpaired) electrons. The zero-order valence-electron chi connectivity index (χ0n) is 15.9. The third-order valence-corrected chi connectivity index (χ3v) is 6.70. The third-order valence-electron chi connectivity index (χ3n) is 5.65. The Morgan fingerprint density at radius 3 is 2.72 bits per heavy atom. The van der Waals surface area contributed by atoms with Gasteiger partial charge in [-0.25, -0.2) is 0 Å². The Morgan fingerprint density at radius 2 is 1.86 bits per heavy atom. The van der Waals surface area contributed by atoms with Crippen molar-refractivity contribution < 1.29 is 9.59 Å². The maximum Gasteiger partial charge on any atom is 0.242 e. The lowest BCUT2D eigenvalue weighted by molar-refractivity contribution is -0.132. The molecule has 0 N–H and O–H groups in total. The smallest absolute Gasteiger partial charge is 0.242 e.